The largest absolute Gasteiger partial charge is 0.383 e. The molecule has 2 N–H and O–H groups in total. The molecule has 2 aromatic heterocycles. The first-order valence-corrected chi connectivity index (χ1v) is 6.64. The van der Waals surface area contributed by atoms with Gasteiger partial charge in [-0.25, -0.2) is 9.97 Å². The highest BCUT2D eigenvalue weighted by atomic mass is 32.1. The highest BCUT2D eigenvalue weighted by Crippen LogP contribution is 2.39. The van der Waals surface area contributed by atoms with Crippen molar-refractivity contribution in [3.63, 3.8) is 0 Å². The van der Waals surface area contributed by atoms with Gasteiger partial charge in [-0.3, -0.25) is 10.1 Å². The summed E-state index contributed by atoms with van der Waals surface area (Å²) in [5, 5.41) is 11.5. The van der Waals surface area contributed by atoms with E-state index in [2.05, 4.69) is 9.97 Å². The summed E-state index contributed by atoms with van der Waals surface area (Å²) in [7, 11) is 0. The van der Waals surface area contributed by atoms with Crippen molar-refractivity contribution in [2.45, 2.75) is 6.92 Å². The molecular formula is C13H10N4O2S. The molecule has 100 valence electrons. The Kier molecular flexibility index (Phi) is 2.83. The number of fused-ring (bicyclic) bond motifs is 1. The monoisotopic (exact) mass is 286 g/mol. The molecule has 7 heteroatoms. The molecule has 3 rings (SSSR count). The average molecular weight is 286 g/mol. The summed E-state index contributed by atoms with van der Waals surface area (Å²) in [5.41, 5.74) is 7.82. The van der Waals surface area contributed by atoms with Crippen molar-refractivity contribution < 1.29 is 4.92 Å². The fourth-order valence-corrected chi connectivity index (χ4v) is 3.18. The highest BCUT2D eigenvalue weighted by Gasteiger charge is 2.16. The summed E-state index contributed by atoms with van der Waals surface area (Å²) in [6.45, 7) is 1.97. The third-order valence-electron chi connectivity index (χ3n) is 3.06. The van der Waals surface area contributed by atoms with Crippen LogP contribution in [0.5, 0.6) is 0 Å². The van der Waals surface area contributed by atoms with Crippen LogP contribution in [-0.4, -0.2) is 14.9 Å². The van der Waals surface area contributed by atoms with Gasteiger partial charge in [0, 0.05) is 22.6 Å². The second-order valence-corrected chi connectivity index (χ2v) is 5.48. The molecular weight excluding hydrogens is 276 g/mol. The van der Waals surface area contributed by atoms with Gasteiger partial charge in [-0.2, -0.15) is 0 Å². The highest BCUT2D eigenvalue weighted by molar-refractivity contribution is 7.19. The molecule has 6 nitrogen and oxygen atoms in total. The maximum atomic E-state index is 10.7. The molecule has 0 saturated heterocycles. The number of thiophene rings is 1. The molecule has 3 aromatic rings. The van der Waals surface area contributed by atoms with E-state index >= 15 is 0 Å². The first-order valence-electron chi connectivity index (χ1n) is 5.82. The smallest absolute Gasteiger partial charge is 0.269 e. The van der Waals surface area contributed by atoms with Crippen LogP contribution in [0, 0.1) is 17.0 Å². The van der Waals surface area contributed by atoms with E-state index in [4.69, 9.17) is 5.73 Å². The van der Waals surface area contributed by atoms with E-state index < -0.39 is 4.92 Å². The van der Waals surface area contributed by atoms with E-state index in [-0.39, 0.29) is 5.69 Å². The number of anilines is 1. The fraction of sp³-hybridized carbons (Fsp3) is 0.0769. The Labute approximate surface area is 118 Å². The van der Waals surface area contributed by atoms with Gasteiger partial charge >= 0.3 is 0 Å². The fourth-order valence-electron chi connectivity index (χ4n) is 2.16. The van der Waals surface area contributed by atoms with Gasteiger partial charge in [0.25, 0.3) is 5.69 Å². The molecule has 0 atom stereocenters. The lowest BCUT2D eigenvalue weighted by Crippen LogP contribution is -1.92. The number of hydrogen-bond donors (Lipinski definition) is 1. The molecule has 0 aliphatic carbocycles. The van der Waals surface area contributed by atoms with Crippen molar-refractivity contribution in [3.05, 3.63) is 45.6 Å². The van der Waals surface area contributed by atoms with Gasteiger partial charge in [-0.1, -0.05) is 0 Å². The summed E-state index contributed by atoms with van der Waals surface area (Å²) in [6.07, 6.45) is 1.44. The van der Waals surface area contributed by atoms with Gasteiger partial charge in [0.2, 0.25) is 0 Å². The number of nitro benzene ring substituents is 1. The molecule has 0 bridgehead atoms. The van der Waals surface area contributed by atoms with Gasteiger partial charge in [-0.05, 0) is 24.6 Å². The molecule has 1 aromatic carbocycles. The number of nitrogen functional groups attached to an aromatic ring is 1. The zero-order chi connectivity index (χ0) is 14.3. The third kappa shape index (κ3) is 1.88. The van der Waals surface area contributed by atoms with Gasteiger partial charge in [0.1, 0.15) is 17.0 Å². The Bertz CT molecular complexity index is 811. The average Bonchev–Trinajstić information content (AvgIpc) is 2.76. The quantitative estimate of drug-likeness (QED) is 0.576. The molecule has 0 aliphatic heterocycles. The SMILES string of the molecule is Cc1sc2ncnc(N)c2c1-c1ccc([N+](=O)[O-])cc1. The maximum absolute atomic E-state index is 10.7. The van der Waals surface area contributed by atoms with E-state index in [0.29, 0.717) is 5.82 Å². The Balaban J connectivity index is 2.23. The number of nitrogens with two attached hydrogens (primary N) is 1. The minimum absolute atomic E-state index is 0.0650. The van der Waals surface area contributed by atoms with E-state index in [1.807, 2.05) is 6.92 Å². The molecule has 0 fully saturated rings. The molecule has 2 heterocycles. The van der Waals surface area contributed by atoms with E-state index in [1.54, 1.807) is 12.1 Å². The van der Waals surface area contributed by atoms with E-state index in [1.165, 1.54) is 29.8 Å². The van der Waals surface area contributed by atoms with Gasteiger partial charge in [0.05, 0.1) is 10.3 Å². The molecule has 0 saturated carbocycles. The number of rotatable bonds is 2. The van der Waals surface area contributed by atoms with Gasteiger partial charge in [-0.15, -0.1) is 11.3 Å². The van der Waals surface area contributed by atoms with E-state index in [0.717, 1.165) is 26.2 Å². The second kappa shape index (κ2) is 4.53. The summed E-state index contributed by atoms with van der Waals surface area (Å²) >= 11 is 1.53. The van der Waals surface area contributed by atoms with Crippen molar-refractivity contribution in [2.75, 3.05) is 5.73 Å². The molecule has 0 aliphatic rings. The number of nitrogens with zero attached hydrogens (tertiary/aromatic N) is 3. The Morgan fingerprint density at radius 1 is 1.25 bits per heavy atom. The summed E-state index contributed by atoms with van der Waals surface area (Å²) in [6, 6.07) is 6.41. The molecule has 0 unspecified atom stereocenters. The Morgan fingerprint density at radius 2 is 1.95 bits per heavy atom. The van der Waals surface area contributed by atoms with Crippen LogP contribution in [0.1, 0.15) is 4.88 Å². The normalized spacial score (nSPS) is 10.8. The zero-order valence-electron chi connectivity index (χ0n) is 10.5. The number of aromatic nitrogens is 2. The second-order valence-electron chi connectivity index (χ2n) is 4.28. The number of non-ortho nitro benzene ring substituents is 1. The van der Waals surface area contributed by atoms with Crippen LogP contribution in [-0.2, 0) is 0 Å². The van der Waals surface area contributed by atoms with Crippen LogP contribution in [0.2, 0.25) is 0 Å². The van der Waals surface area contributed by atoms with Crippen LogP contribution >= 0.6 is 11.3 Å². The maximum Gasteiger partial charge on any atom is 0.269 e. The topological polar surface area (TPSA) is 94.9 Å². The van der Waals surface area contributed by atoms with Crippen molar-refractivity contribution >= 4 is 33.1 Å². The standard InChI is InChI=1S/C13H10N4O2S/c1-7-10(8-2-4-9(5-3-8)17(18)19)11-12(14)15-6-16-13(11)20-7/h2-6H,1H3,(H2,14,15,16). The summed E-state index contributed by atoms with van der Waals surface area (Å²) in [4.78, 5) is 20.4. The van der Waals surface area contributed by atoms with Crippen molar-refractivity contribution in [1.82, 2.24) is 9.97 Å². The predicted molar refractivity (Wildman–Crippen MR) is 78.7 cm³/mol. The van der Waals surface area contributed by atoms with Gasteiger partial charge < -0.3 is 5.73 Å². The van der Waals surface area contributed by atoms with Crippen LogP contribution in [0.15, 0.2) is 30.6 Å². The minimum atomic E-state index is -0.417. The number of benzene rings is 1. The number of nitro groups is 1. The first kappa shape index (κ1) is 12.5. The van der Waals surface area contributed by atoms with E-state index in [9.17, 15) is 10.1 Å². The zero-order valence-corrected chi connectivity index (χ0v) is 11.3. The molecule has 20 heavy (non-hydrogen) atoms. The van der Waals surface area contributed by atoms with Crippen LogP contribution in [0.3, 0.4) is 0 Å². The first-order chi connectivity index (χ1) is 9.58. The Hall–Kier alpha value is -2.54. The molecule has 0 spiro atoms. The minimum Gasteiger partial charge on any atom is -0.383 e. The lowest BCUT2D eigenvalue weighted by Gasteiger charge is -2.03. The Morgan fingerprint density at radius 3 is 2.60 bits per heavy atom. The lowest BCUT2D eigenvalue weighted by atomic mass is 10.0. The van der Waals surface area contributed by atoms with Crippen molar-refractivity contribution in [2.24, 2.45) is 0 Å². The third-order valence-corrected chi connectivity index (χ3v) is 4.07. The van der Waals surface area contributed by atoms with Gasteiger partial charge in [0.15, 0.2) is 0 Å². The van der Waals surface area contributed by atoms with Crippen molar-refractivity contribution in [1.29, 1.82) is 0 Å². The number of aryl methyl sites for hydroxylation is 1. The van der Waals surface area contributed by atoms with Crippen LogP contribution in [0.25, 0.3) is 21.3 Å². The number of hydrogen-bond acceptors (Lipinski definition) is 6. The van der Waals surface area contributed by atoms with Crippen molar-refractivity contribution in [3.8, 4) is 11.1 Å². The van der Waals surface area contributed by atoms with Crippen LogP contribution in [0.4, 0.5) is 11.5 Å². The van der Waals surface area contributed by atoms with Crippen LogP contribution < -0.4 is 5.73 Å². The predicted octanol–water partition coefficient (Wildman–Crippen LogP) is 3.16. The summed E-state index contributed by atoms with van der Waals surface area (Å²) < 4.78 is 0. The molecule has 0 radical (unpaired) electrons. The summed E-state index contributed by atoms with van der Waals surface area (Å²) in [5.74, 6) is 0.424. The lowest BCUT2D eigenvalue weighted by molar-refractivity contribution is -0.384. The molecule has 0 amide bonds.